The van der Waals surface area contributed by atoms with Crippen LogP contribution in [0, 0.1) is 12.3 Å². The number of rotatable bonds is 3. The van der Waals surface area contributed by atoms with Crippen molar-refractivity contribution in [1.82, 2.24) is 15.2 Å². The van der Waals surface area contributed by atoms with Gasteiger partial charge in [0.15, 0.2) is 0 Å². The molecule has 23 heavy (non-hydrogen) atoms. The van der Waals surface area contributed by atoms with Crippen LogP contribution in [0.15, 0.2) is 24.3 Å². The zero-order chi connectivity index (χ0) is 16.2. The van der Waals surface area contributed by atoms with Crippen LogP contribution in [0.4, 0.5) is 0 Å². The zero-order valence-corrected chi connectivity index (χ0v) is 13.5. The molecular weight excluding hydrogens is 290 g/mol. The number of aromatic nitrogens is 1. The van der Waals surface area contributed by atoms with Crippen molar-refractivity contribution in [2.24, 2.45) is 5.41 Å². The van der Waals surface area contributed by atoms with Gasteiger partial charge >= 0.3 is 0 Å². The number of aromatic amines is 1. The Bertz CT molecular complexity index is 798. The molecule has 4 rings (SSSR count). The smallest absolute Gasteiger partial charge is 0.268 e. The van der Waals surface area contributed by atoms with Crippen molar-refractivity contribution in [1.29, 1.82) is 0 Å². The van der Waals surface area contributed by atoms with E-state index in [1.54, 1.807) is 0 Å². The lowest BCUT2D eigenvalue weighted by Crippen LogP contribution is -2.62. The molecule has 1 saturated carbocycles. The van der Waals surface area contributed by atoms with Crippen molar-refractivity contribution in [3.63, 3.8) is 0 Å². The van der Waals surface area contributed by atoms with E-state index in [2.05, 4.69) is 16.4 Å². The van der Waals surface area contributed by atoms with E-state index in [-0.39, 0.29) is 23.3 Å². The van der Waals surface area contributed by atoms with E-state index in [1.165, 1.54) is 5.56 Å². The fourth-order valence-corrected chi connectivity index (χ4v) is 3.16. The number of nitrogens with zero attached hydrogens (tertiary/aromatic N) is 1. The summed E-state index contributed by atoms with van der Waals surface area (Å²) in [4.78, 5) is 29.5. The number of hydrogen-bond donors (Lipinski definition) is 2. The summed E-state index contributed by atoms with van der Waals surface area (Å²) in [5.41, 5.74) is 2.59. The number of nitrogens with one attached hydrogen (secondary N) is 2. The van der Waals surface area contributed by atoms with Crippen molar-refractivity contribution in [3.05, 3.63) is 35.5 Å². The van der Waals surface area contributed by atoms with Crippen LogP contribution < -0.4 is 5.32 Å². The van der Waals surface area contributed by atoms with Gasteiger partial charge in [0.25, 0.3) is 5.91 Å². The summed E-state index contributed by atoms with van der Waals surface area (Å²) in [5.74, 6) is 0.137. The van der Waals surface area contributed by atoms with Crippen LogP contribution in [0.25, 0.3) is 10.9 Å². The number of carbonyl (C=O) groups excluding carboxylic acids is 2. The lowest BCUT2D eigenvalue weighted by atomic mass is 10.0. The van der Waals surface area contributed by atoms with E-state index < -0.39 is 0 Å². The molecule has 2 aromatic rings. The van der Waals surface area contributed by atoms with Gasteiger partial charge in [-0.3, -0.25) is 9.59 Å². The van der Waals surface area contributed by atoms with Crippen molar-refractivity contribution in [2.45, 2.75) is 32.7 Å². The molecule has 1 aliphatic carbocycles. The Balaban J connectivity index is 1.38. The fraction of sp³-hybridized carbons (Fsp3) is 0.444. The summed E-state index contributed by atoms with van der Waals surface area (Å²) in [7, 11) is 0. The molecule has 5 nitrogen and oxygen atoms in total. The van der Waals surface area contributed by atoms with Gasteiger partial charge in [0, 0.05) is 29.4 Å². The molecular formula is C18H21N3O2. The second kappa shape index (κ2) is 4.85. The van der Waals surface area contributed by atoms with Gasteiger partial charge in [-0.05, 0) is 38.0 Å². The van der Waals surface area contributed by atoms with Crippen LogP contribution in [0.3, 0.4) is 0 Å². The molecule has 2 amide bonds. The standard InChI is InChI=1S/C18H21N3O2/c1-11-3-4-14-12(7-11)8-15(20-14)16(22)19-13-9-21(10-13)17(23)18(2)5-6-18/h3-4,7-8,13,20H,5-6,9-10H2,1-2H3,(H,19,22). The minimum atomic E-state index is -0.121. The summed E-state index contributed by atoms with van der Waals surface area (Å²) >= 11 is 0. The van der Waals surface area contributed by atoms with E-state index in [4.69, 9.17) is 0 Å². The Morgan fingerprint density at radius 3 is 2.70 bits per heavy atom. The molecule has 1 aromatic carbocycles. The summed E-state index contributed by atoms with van der Waals surface area (Å²) in [5, 5.41) is 4.04. The highest BCUT2D eigenvalue weighted by Crippen LogP contribution is 2.47. The molecule has 120 valence electrons. The first kappa shape index (κ1) is 14.3. The fourth-order valence-electron chi connectivity index (χ4n) is 3.16. The zero-order valence-electron chi connectivity index (χ0n) is 13.5. The van der Waals surface area contributed by atoms with Crippen molar-refractivity contribution in [3.8, 4) is 0 Å². The maximum atomic E-state index is 12.3. The Kier molecular flexibility index (Phi) is 3.01. The summed E-state index contributed by atoms with van der Waals surface area (Å²) in [6.45, 7) is 5.30. The van der Waals surface area contributed by atoms with Gasteiger partial charge < -0.3 is 15.2 Å². The number of H-pyrrole nitrogens is 1. The van der Waals surface area contributed by atoms with Crippen LogP contribution in [0.1, 0.15) is 35.8 Å². The normalized spacial score (nSPS) is 19.5. The van der Waals surface area contributed by atoms with E-state index in [9.17, 15) is 9.59 Å². The van der Waals surface area contributed by atoms with E-state index in [0.29, 0.717) is 18.8 Å². The van der Waals surface area contributed by atoms with Crippen molar-refractivity contribution >= 4 is 22.7 Å². The number of fused-ring (bicyclic) bond motifs is 1. The van der Waals surface area contributed by atoms with E-state index in [0.717, 1.165) is 23.7 Å². The molecule has 0 unspecified atom stereocenters. The molecule has 2 heterocycles. The second-order valence-electron chi connectivity index (χ2n) is 7.21. The molecule has 1 saturated heterocycles. The van der Waals surface area contributed by atoms with Gasteiger partial charge in [-0.25, -0.2) is 0 Å². The molecule has 0 radical (unpaired) electrons. The molecule has 0 spiro atoms. The Morgan fingerprint density at radius 1 is 1.26 bits per heavy atom. The predicted octanol–water partition coefficient (Wildman–Crippen LogP) is 2.22. The third-order valence-corrected chi connectivity index (χ3v) is 5.04. The molecule has 0 bridgehead atoms. The van der Waals surface area contributed by atoms with Crippen LogP contribution in [-0.2, 0) is 4.79 Å². The van der Waals surface area contributed by atoms with Crippen molar-refractivity contribution < 1.29 is 9.59 Å². The molecule has 1 aliphatic heterocycles. The van der Waals surface area contributed by atoms with Crippen LogP contribution in [-0.4, -0.2) is 40.8 Å². The lowest BCUT2D eigenvalue weighted by molar-refractivity contribution is -0.141. The Labute approximate surface area is 135 Å². The monoisotopic (exact) mass is 311 g/mol. The largest absolute Gasteiger partial charge is 0.351 e. The third kappa shape index (κ3) is 2.50. The SMILES string of the molecule is Cc1ccc2[nH]c(C(=O)NC3CN(C(=O)C4(C)CC4)C3)cc2c1. The average Bonchev–Trinajstić information content (AvgIpc) is 3.08. The molecule has 0 atom stereocenters. The van der Waals surface area contributed by atoms with E-state index in [1.807, 2.05) is 36.9 Å². The minimum absolute atomic E-state index is 0.0574. The van der Waals surface area contributed by atoms with Crippen LogP contribution in [0.2, 0.25) is 0 Å². The van der Waals surface area contributed by atoms with Crippen LogP contribution >= 0.6 is 0 Å². The number of benzene rings is 1. The topological polar surface area (TPSA) is 65.2 Å². The van der Waals surface area contributed by atoms with Gasteiger partial charge in [-0.2, -0.15) is 0 Å². The summed E-state index contributed by atoms with van der Waals surface area (Å²) in [6.07, 6.45) is 1.99. The highest BCUT2D eigenvalue weighted by molar-refractivity contribution is 5.98. The van der Waals surface area contributed by atoms with Gasteiger partial charge in [0.1, 0.15) is 5.69 Å². The van der Waals surface area contributed by atoms with Gasteiger partial charge in [0.2, 0.25) is 5.91 Å². The lowest BCUT2D eigenvalue weighted by Gasteiger charge is -2.41. The van der Waals surface area contributed by atoms with Gasteiger partial charge in [0.05, 0.1) is 6.04 Å². The Morgan fingerprint density at radius 2 is 2.00 bits per heavy atom. The van der Waals surface area contributed by atoms with Crippen LogP contribution in [0.5, 0.6) is 0 Å². The maximum Gasteiger partial charge on any atom is 0.268 e. The third-order valence-electron chi connectivity index (χ3n) is 5.04. The van der Waals surface area contributed by atoms with Crippen molar-refractivity contribution in [2.75, 3.05) is 13.1 Å². The maximum absolute atomic E-state index is 12.3. The van der Waals surface area contributed by atoms with E-state index >= 15 is 0 Å². The predicted molar refractivity (Wildman–Crippen MR) is 88.2 cm³/mol. The second-order valence-corrected chi connectivity index (χ2v) is 7.21. The number of aryl methyl sites for hydroxylation is 1. The molecule has 5 heteroatoms. The number of carbonyl (C=O) groups is 2. The van der Waals surface area contributed by atoms with Gasteiger partial charge in [-0.1, -0.05) is 18.6 Å². The number of amides is 2. The molecule has 1 aromatic heterocycles. The summed E-state index contributed by atoms with van der Waals surface area (Å²) in [6, 6.07) is 8.00. The summed E-state index contributed by atoms with van der Waals surface area (Å²) < 4.78 is 0. The highest BCUT2D eigenvalue weighted by atomic mass is 16.2. The molecule has 2 N–H and O–H groups in total. The quantitative estimate of drug-likeness (QED) is 0.913. The van der Waals surface area contributed by atoms with Gasteiger partial charge in [-0.15, -0.1) is 0 Å². The first-order valence-corrected chi connectivity index (χ1v) is 8.14. The minimum Gasteiger partial charge on any atom is -0.351 e. The molecule has 2 fully saturated rings. The number of likely N-dealkylation sites (tertiary alicyclic amines) is 1. The molecule has 2 aliphatic rings. The Hall–Kier alpha value is -2.30. The number of hydrogen-bond acceptors (Lipinski definition) is 2. The average molecular weight is 311 g/mol. The first-order chi connectivity index (χ1) is 10.9. The first-order valence-electron chi connectivity index (χ1n) is 8.14. The highest BCUT2D eigenvalue weighted by Gasteiger charge is 2.49.